The number of carbonyl (C=O) groups is 1. The zero-order valence-electron chi connectivity index (χ0n) is 11.1. The zero-order valence-corrected chi connectivity index (χ0v) is 11.1. The average molecular weight is 239 g/mol. The Morgan fingerprint density at radius 2 is 2.18 bits per heavy atom. The summed E-state index contributed by atoms with van der Waals surface area (Å²) in [6.45, 7) is 8.62. The molecular weight excluding hydrogens is 214 g/mol. The first kappa shape index (κ1) is 12.8. The highest BCUT2D eigenvalue weighted by atomic mass is 16.2. The van der Waals surface area contributed by atoms with Gasteiger partial charge in [0.1, 0.15) is 0 Å². The van der Waals surface area contributed by atoms with Crippen molar-refractivity contribution < 1.29 is 4.79 Å². The van der Waals surface area contributed by atoms with Crippen LogP contribution >= 0.6 is 0 Å². The third-order valence-corrected chi connectivity index (χ3v) is 3.84. The van der Waals surface area contributed by atoms with Crippen molar-refractivity contribution in [3.63, 3.8) is 0 Å². The number of amides is 1. The van der Waals surface area contributed by atoms with Crippen LogP contribution in [0.15, 0.2) is 0 Å². The lowest BCUT2D eigenvalue weighted by molar-refractivity contribution is -0.139. The van der Waals surface area contributed by atoms with Crippen LogP contribution in [0.25, 0.3) is 0 Å². The first-order chi connectivity index (χ1) is 8.09. The van der Waals surface area contributed by atoms with Gasteiger partial charge in [-0.15, -0.1) is 0 Å². The molecule has 17 heavy (non-hydrogen) atoms. The Labute approximate surface area is 104 Å². The summed E-state index contributed by atoms with van der Waals surface area (Å²) in [5, 5.41) is 6.87. The normalized spacial score (nSPS) is 30.1. The van der Waals surface area contributed by atoms with Crippen molar-refractivity contribution in [1.29, 1.82) is 0 Å². The summed E-state index contributed by atoms with van der Waals surface area (Å²) in [5.41, 5.74) is -0.259. The van der Waals surface area contributed by atoms with Gasteiger partial charge in [0.2, 0.25) is 5.91 Å². The SMILES string of the molecule is CC1(C)CNCCN(CC2CCCCN2)C1=O. The fraction of sp³-hybridized carbons (Fsp3) is 0.923. The van der Waals surface area contributed by atoms with Crippen LogP contribution in [0.2, 0.25) is 0 Å². The van der Waals surface area contributed by atoms with Crippen molar-refractivity contribution in [1.82, 2.24) is 15.5 Å². The zero-order chi connectivity index (χ0) is 12.3. The summed E-state index contributed by atoms with van der Waals surface area (Å²) in [7, 11) is 0. The van der Waals surface area contributed by atoms with Gasteiger partial charge in [0, 0.05) is 32.2 Å². The van der Waals surface area contributed by atoms with E-state index in [0.717, 1.165) is 32.7 Å². The predicted molar refractivity (Wildman–Crippen MR) is 68.9 cm³/mol. The van der Waals surface area contributed by atoms with Gasteiger partial charge in [-0.2, -0.15) is 0 Å². The van der Waals surface area contributed by atoms with Crippen LogP contribution in [0.3, 0.4) is 0 Å². The first-order valence-electron chi connectivity index (χ1n) is 6.83. The monoisotopic (exact) mass is 239 g/mol. The minimum atomic E-state index is -0.259. The van der Waals surface area contributed by atoms with Crippen molar-refractivity contribution >= 4 is 5.91 Å². The highest BCUT2D eigenvalue weighted by Gasteiger charge is 2.34. The summed E-state index contributed by atoms with van der Waals surface area (Å²) in [4.78, 5) is 14.4. The van der Waals surface area contributed by atoms with Gasteiger partial charge in [-0.25, -0.2) is 0 Å². The summed E-state index contributed by atoms with van der Waals surface area (Å²) in [6.07, 6.45) is 3.77. The molecule has 4 heteroatoms. The van der Waals surface area contributed by atoms with Crippen LogP contribution in [-0.2, 0) is 4.79 Å². The molecule has 0 aliphatic carbocycles. The van der Waals surface area contributed by atoms with Gasteiger partial charge in [0.25, 0.3) is 0 Å². The van der Waals surface area contributed by atoms with E-state index >= 15 is 0 Å². The molecule has 1 amide bonds. The van der Waals surface area contributed by atoms with Crippen molar-refractivity contribution in [2.24, 2.45) is 5.41 Å². The molecule has 0 aromatic heterocycles. The maximum Gasteiger partial charge on any atom is 0.229 e. The van der Waals surface area contributed by atoms with E-state index in [4.69, 9.17) is 0 Å². The van der Waals surface area contributed by atoms with Crippen LogP contribution in [0.5, 0.6) is 0 Å². The topological polar surface area (TPSA) is 44.4 Å². The second-order valence-electron chi connectivity index (χ2n) is 5.96. The highest BCUT2D eigenvalue weighted by Crippen LogP contribution is 2.20. The van der Waals surface area contributed by atoms with Gasteiger partial charge in [-0.3, -0.25) is 4.79 Å². The van der Waals surface area contributed by atoms with E-state index < -0.39 is 0 Å². The van der Waals surface area contributed by atoms with Crippen LogP contribution in [-0.4, -0.2) is 49.6 Å². The van der Waals surface area contributed by atoms with Crippen LogP contribution in [0.4, 0.5) is 0 Å². The largest absolute Gasteiger partial charge is 0.339 e. The van der Waals surface area contributed by atoms with Gasteiger partial charge < -0.3 is 15.5 Å². The Kier molecular flexibility index (Phi) is 4.05. The van der Waals surface area contributed by atoms with E-state index in [-0.39, 0.29) is 5.41 Å². The molecule has 2 N–H and O–H groups in total. The number of piperidine rings is 1. The maximum atomic E-state index is 12.4. The molecule has 0 aromatic carbocycles. The first-order valence-corrected chi connectivity index (χ1v) is 6.83. The van der Waals surface area contributed by atoms with Crippen molar-refractivity contribution in [3.8, 4) is 0 Å². The molecule has 4 nitrogen and oxygen atoms in total. The van der Waals surface area contributed by atoms with Crippen molar-refractivity contribution in [3.05, 3.63) is 0 Å². The lowest BCUT2D eigenvalue weighted by Gasteiger charge is -2.33. The van der Waals surface area contributed by atoms with Gasteiger partial charge >= 0.3 is 0 Å². The Morgan fingerprint density at radius 3 is 2.88 bits per heavy atom. The number of hydrogen-bond donors (Lipinski definition) is 2. The molecule has 0 bridgehead atoms. The Balaban J connectivity index is 1.95. The lowest BCUT2D eigenvalue weighted by Crippen LogP contribution is -2.49. The Bertz CT molecular complexity index is 272. The maximum absolute atomic E-state index is 12.4. The molecule has 2 heterocycles. The van der Waals surface area contributed by atoms with Crippen LogP contribution in [0, 0.1) is 5.41 Å². The predicted octanol–water partition coefficient (Wildman–Crippen LogP) is 0.587. The minimum Gasteiger partial charge on any atom is -0.339 e. The van der Waals surface area contributed by atoms with Crippen molar-refractivity contribution in [2.45, 2.75) is 39.2 Å². The molecule has 2 aliphatic heterocycles. The Hall–Kier alpha value is -0.610. The molecule has 0 radical (unpaired) electrons. The fourth-order valence-electron chi connectivity index (χ4n) is 2.74. The molecule has 0 saturated carbocycles. The van der Waals surface area contributed by atoms with Crippen LogP contribution < -0.4 is 10.6 Å². The van der Waals surface area contributed by atoms with Gasteiger partial charge in [-0.05, 0) is 33.2 Å². The fourth-order valence-corrected chi connectivity index (χ4v) is 2.74. The number of nitrogens with zero attached hydrogens (tertiary/aromatic N) is 1. The molecule has 0 spiro atoms. The van der Waals surface area contributed by atoms with Gasteiger partial charge in [-0.1, -0.05) is 6.42 Å². The summed E-state index contributed by atoms with van der Waals surface area (Å²) >= 11 is 0. The standard InChI is InChI=1S/C13H25N3O/c1-13(2)10-14-7-8-16(12(13)17)9-11-5-3-4-6-15-11/h11,14-15H,3-10H2,1-2H3. The number of rotatable bonds is 2. The third kappa shape index (κ3) is 3.19. The smallest absolute Gasteiger partial charge is 0.229 e. The average Bonchev–Trinajstić information content (AvgIpc) is 2.44. The molecule has 2 saturated heterocycles. The summed E-state index contributed by atoms with van der Waals surface area (Å²) in [5.74, 6) is 0.301. The quantitative estimate of drug-likeness (QED) is 0.741. The van der Waals surface area contributed by atoms with Crippen LogP contribution in [0.1, 0.15) is 33.1 Å². The molecular formula is C13H25N3O. The minimum absolute atomic E-state index is 0.259. The summed E-state index contributed by atoms with van der Waals surface area (Å²) in [6, 6.07) is 0.501. The molecule has 2 fully saturated rings. The van der Waals surface area contributed by atoms with Gasteiger partial charge in [0.15, 0.2) is 0 Å². The molecule has 0 aromatic rings. The van der Waals surface area contributed by atoms with Gasteiger partial charge in [0.05, 0.1) is 5.41 Å². The van der Waals surface area contributed by atoms with E-state index in [1.165, 1.54) is 19.3 Å². The number of hydrogen-bond acceptors (Lipinski definition) is 3. The molecule has 2 aliphatic rings. The molecule has 1 atom stereocenters. The molecule has 1 unspecified atom stereocenters. The summed E-state index contributed by atoms with van der Waals surface area (Å²) < 4.78 is 0. The third-order valence-electron chi connectivity index (χ3n) is 3.84. The second-order valence-corrected chi connectivity index (χ2v) is 5.96. The lowest BCUT2D eigenvalue weighted by atomic mass is 9.91. The van der Waals surface area contributed by atoms with E-state index in [2.05, 4.69) is 10.6 Å². The highest BCUT2D eigenvalue weighted by molar-refractivity contribution is 5.82. The van der Waals surface area contributed by atoms with E-state index in [9.17, 15) is 4.79 Å². The molecule has 98 valence electrons. The second kappa shape index (κ2) is 5.36. The number of nitrogens with one attached hydrogen (secondary N) is 2. The van der Waals surface area contributed by atoms with E-state index in [1.807, 2.05) is 18.7 Å². The molecule has 2 rings (SSSR count). The van der Waals surface area contributed by atoms with E-state index in [1.54, 1.807) is 0 Å². The number of carbonyl (C=O) groups excluding carboxylic acids is 1. The van der Waals surface area contributed by atoms with Crippen molar-refractivity contribution in [2.75, 3.05) is 32.7 Å². The Morgan fingerprint density at radius 1 is 1.35 bits per heavy atom. The van der Waals surface area contributed by atoms with E-state index in [0.29, 0.717) is 11.9 Å².